The number of rotatable bonds is 2. The first-order valence-electron chi connectivity index (χ1n) is 6.77. The van der Waals surface area contributed by atoms with Crippen LogP contribution < -0.4 is 0 Å². The topological polar surface area (TPSA) is 0 Å². The van der Waals surface area contributed by atoms with Gasteiger partial charge in [-0.15, -0.1) is 0 Å². The fourth-order valence-electron chi connectivity index (χ4n) is 2.96. The highest BCUT2D eigenvalue weighted by molar-refractivity contribution is 5.26. The van der Waals surface area contributed by atoms with E-state index in [0.29, 0.717) is 18.8 Å². The molecule has 1 aliphatic rings. The van der Waals surface area contributed by atoms with Gasteiger partial charge in [-0.1, -0.05) is 43.7 Å². The molecule has 0 amide bonds. The van der Waals surface area contributed by atoms with Crippen molar-refractivity contribution in [1.29, 1.82) is 0 Å². The molecule has 18 heavy (non-hydrogen) atoms. The van der Waals surface area contributed by atoms with Crippen LogP contribution in [-0.2, 0) is 0 Å². The van der Waals surface area contributed by atoms with Crippen molar-refractivity contribution < 1.29 is 8.78 Å². The maximum absolute atomic E-state index is 13.3. The lowest BCUT2D eigenvalue weighted by atomic mass is 9.65. The van der Waals surface area contributed by atoms with Crippen LogP contribution in [0.3, 0.4) is 0 Å². The molecule has 100 valence electrons. The molecule has 1 aromatic carbocycles. The zero-order valence-electron chi connectivity index (χ0n) is 11.5. The van der Waals surface area contributed by atoms with Crippen molar-refractivity contribution in [2.24, 2.45) is 5.41 Å². The van der Waals surface area contributed by atoms with Gasteiger partial charge in [0.1, 0.15) is 0 Å². The molecule has 0 aromatic heterocycles. The fourth-order valence-corrected chi connectivity index (χ4v) is 2.96. The fraction of sp³-hybridized carbons (Fsp3) is 0.625. The van der Waals surface area contributed by atoms with Crippen LogP contribution in [0.2, 0.25) is 0 Å². The molecule has 0 spiro atoms. The van der Waals surface area contributed by atoms with Crippen molar-refractivity contribution in [3.8, 4) is 0 Å². The normalized spacial score (nSPS) is 23.6. The maximum Gasteiger partial charge on any atom is 0.248 e. The summed E-state index contributed by atoms with van der Waals surface area (Å²) in [7, 11) is 0. The van der Waals surface area contributed by atoms with Gasteiger partial charge in [0.15, 0.2) is 0 Å². The van der Waals surface area contributed by atoms with E-state index in [9.17, 15) is 8.78 Å². The number of aryl methyl sites for hydroxylation is 1. The van der Waals surface area contributed by atoms with Gasteiger partial charge in [-0.3, -0.25) is 0 Å². The van der Waals surface area contributed by atoms with E-state index in [2.05, 4.69) is 45.0 Å². The molecule has 0 aliphatic heterocycles. The van der Waals surface area contributed by atoms with E-state index < -0.39 is 5.92 Å². The molecule has 2 rings (SSSR count). The van der Waals surface area contributed by atoms with E-state index >= 15 is 0 Å². The summed E-state index contributed by atoms with van der Waals surface area (Å²) in [6, 6.07) is 8.44. The third-order valence-electron chi connectivity index (χ3n) is 4.71. The summed E-state index contributed by atoms with van der Waals surface area (Å²) in [6.45, 7) is 6.42. The van der Waals surface area contributed by atoms with Gasteiger partial charge >= 0.3 is 0 Å². The number of halogens is 2. The van der Waals surface area contributed by atoms with Crippen LogP contribution in [0.25, 0.3) is 0 Å². The largest absolute Gasteiger partial charge is 0.248 e. The molecular formula is C16H22F2. The highest BCUT2D eigenvalue weighted by Crippen LogP contribution is 2.50. The SMILES string of the molecule is Cc1cccc(C(C)C2(C)CCC(F)(F)CC2)c1. The van der Waals surface area contributed by atoms with Gasteiger partial charge < -0.3 is 0 Å². The standard InChI is InChI=1S/C16H22F2/c1-12-5-4-6-14(11-12)13(2)15(3)7-9-16(17,18)10-8-15/h4-6,11,13H,7-10H2,1-3H3. The average molecular weight is 252 g/mol. The van der Waals surface area contributed by atoms with Crippen LogP contribution in [0.1, 0.15) is 56.6 Å². The third-order valence-corrected chi connectivity index (χ3v) is 4.71. The minimum atomic E-state index is -2.44. The first kappa shape index (κ1) is 13.5. The van der Waals surface area contributed by atoms with Gasteiger partial charge in [-0.2, -0.15) is 0 Å². The summed E-state index contributed by atoms with van der Waals surface area (Å²) < 4.78 is 26.6. The van der Waals surface area contributed by atoms with Gasteiger partial charge in [0.25, 0.3) is 0 Å². The molecule has 0 nitrogen and oxygen atoms in total. The summed E-state index contributed by atoms with van der Waals surface area (Å²) in [5.74, 6) is -2.10. The van der Waals surface area contributed by atoms with E-state index in [1.54, 1.807) is 0 Å². The zero-order valence-corrected chi connectivity index (χ0v) is 11.5. The Labute approximate surface area is 108 Å². The molecule has 0 N–H and O–H groups in total. The maximum atomic E-state index is 13.3. The van der Waals surface area contributed by atoms with Gasteiger partial charge in [-0.25, -0.2) is 8.78 Å². The number of benzene rings is 1. The summed E-state index contributed by atoms with van der Waals surface area (Å²) in [5.41, 5.74) is 2.53. The average Bonchev–Trinajstić information content (AvgIpc) is 2.32. The Morgan fingerprint density at radius 3 is 2.28 bits per heavy atom. The van der Waals surface area contributed by atoms with Crippen molar-refractivity contribution >= 4 is 0 Å². The quantitative estimate of drug-likeness (QED) is 0.668. The molecule has 0 bridgehead atoms. The van der Waals surface area contributed by atoms with Crippen LogP contribution in [0.4, 0.5) is 8.78 Å². The first-order valence-corrected chi connectivity index (χ1v) is 6.77. The summed E-state index contributed by atoms with van der Waals surface area (Å²) in [5, 5.41) is 0. The monoisotopic (exact) mass is 252 g/mol. The van der Waals surface area contributed by atoms with Crippen LogP contribution >= 0.6 is 0 Å². The molecule has 2 heteroatoms. The van der Waals surface area contributed by atoms with Crippen LogP contribution in [0.15, 0.2) is 24.3 Å². The number of hydrogen-bond acceptors (Lipinski definition) is 0. The van der Waals surface area contributed by atoms with E-state index in [0.717, 1.165) is 0 Å². The van der Waals surface area contributed by atoms with Gasteiger partial charge in [-0.05, 0) is 36.7 Å². The summed E-state index contributed by atoms with van der Waals surface area (Å²) >= 11 is 0. The van der Waals surface area contributed by atoms with E-state index in [4.69, 9.17) is 0 Å². The molecular weight excluding hydrogens is 230 g/mol. The molecule has 1 aromatic rings. The molecule has 0 saturated heterocycles. The Hall–Kier alpha value is -0.920. The molecule has 0 radical (unpaired) electrons. The van der Waals surface area contributed by atoms with E-state index in [1.807, 2.05) is 0 Å². The highest BCUT2D eigenvalue weighted by atomic mass is 19.3. The van der Waals surface area contributed by atoms with Crippen LogP contribution in [0, 0.1) is 12.3 Å². The number of hydrogen-bond donors (Lipinski definition) is 0. The van der Waals surface area contributed by atoms with E-state index in [1.165, 1.54) is 11.1 Å². The van der Waals surface area contributed by atoms with Gasteiger partial charge in [0.05, 0.1) is 0 Å². The summed E-state index contributed by atoms with van der Waals surface area (Å²) in [4.78, 5) is 0. The lowest BCUT2D eigenvalue weighted by molar-refractivity contribution is -0.0678. The lowest BCUT2D eigenvalue weighted by Gasteiger charge is -2.42. The molecule has 1 saturated carbocycles. The first-order chi connectivity index (χ1) is 8.32. The minimum absolute atomic E-state index is 0.00940. The predicted molar refractivity (Wildman–Crippen MR) is 71.1 cm³/mol. The molecule has 1 aliphatic carbocycles. The third kappa shape index (κ3) is 2.73. The Balaban J connectivity index is 2.16. The molecule has 1 unspecified atom stereocenters. The predicted octanol–water partition coefficient (Wildman–Crippen LogP) is 5.31. The molecule has 1 atom stereocenters. The van der Waals surface area contributed by atoms with Crippen molar-refractivity contribution in [3.05, 3.63) is 35.4 Å². The Kier molecular flexibility index (Phi) is 3.48. The second-order valence-electron chi connectivity index (χ2n) is 6.15. The second-order valence-corrected chi connectivity index (χ2v) is 6.15. The lowest BCUT2D eigenvalue weighted by Crippen LogP contribution is -2.34. The zero-order chi connectivity index (χ0) is 13.4. The van der Waals surface area contributed by atoms with Crippen LogP contribution in [-0.4, -0.2) is 5.92 Å². The smallest absolute Gasteiger partial charge is 0.207 e. The second kappa shape index (κ2) is 4.64. The van der Waals surface area contributed by atoms with Gasteiger partial charge in [0.2, 0.25) is 5.92 Å². The minimum Gasteiger partial charge on any atom is -0.207 e. The Morgan fingerprint density at radius 1 is 1.11 bits per heavy atom. The van der Waals surface area contributed by atoms with Crippen molar-refractivity contribution in [2.45, 2.75) is 58.3 Å². The summed E-state index contributed by atoms with van der Waals surface area (Å²) in [6.07, 6.45) is 1.32. The Morgan fingerprint density at radius 2 is 1.72 bits per heavy atom. The highest BCUT2D eigenvalue weighted by Gasteiger charge is 2.43. The Bertz CT molecular complexity index is 413. The van der Waals surface area contributed by atoms with Crippen molar-refractivity contribution in [2.75, 3.05) is 0 Å². The van der Waals surface area contributed by atoms with Crippen molar-refractivity contribution in [1.82, 2.24) is 0 Å². The van der Waals surface area contributed by atoms with Crippen LogP contribution in [0.5, 0.6) is 0 Å². The van der Waals surface area contributed by atoms with Crippen molar-refractivity contribution in [3.63, 3.8) is 0 Å². The number of alkyl halides is 2. The molecule has 1 fully saturated rings. The molecule has 0 heterocycles. The van der Waals surface area contributed by atoms with Gasteiger partial charge in [0, 0.05) is 12.8 Å². The van der Waals surface area contributed by atoms with E-state index in [-0.39, 0.29) is 18.3 Å².